The molecule has 0 fully saturated rings. The first kappa shape index (κ1) is 17.3. The van der Waals surface area contributed by atoms with Crippen LogP contribution in [0.25, 0.3) is 10.9 Å². The largest absolute Gasteiger partial charge is 0.361 e. The molecule has 2 heterocycles. The van der Waals surface area contributed by atoms with E-state index >= 15 is 0 Å². The van der Waals surface area contributed by atoms with Gasteiger partial charge in [0.15, 0.2) is 5.16 Å². The molecule has 0 atom stereocenters. The van der Waals surface area contributed by atoms with Crippen molar-refractivity contribution in [1.82, 2.24) is 14.7 Å². The van der Waals surface area contributed by atoms with E-state index in [0.29, 0.717) is 17.7 Å². The number of aromatic nitrogens is 3. The smallest absolute Gasteiger partial charge is 0.262 e. The summed E-state index contributed by atoms with van der Waals surface area (Å²) in [5.74, 6) is 1.73. The van der Waals surface area contributed by atoms with Crippen LogP contribution < -0.4 is 5.56 Å². The van der Waals surface area contributed by atoms with Gasteiger partial charge in [0.2, 0.25) is 0 Å². The first-order valence-electron chi connectivity index (χ1n) is 9.36. The average molecular weight is 369 g/mol. The van der Waals surface area contributed by atoms with Crippen LogP contribution in [0.5, 0.6) is 0 Å². The van der Waals surface area contributed by atoms with Gasteiger partial charge in [-0.05, 0) is 37.8 Å². The van der Waals surface area contributed by atoms with Crippen LogP contribution in [-0.4, -0.2) is 14.7 Å². The number of rotatable bonds is 6. The molecule has 0 radical (unpaired) electrons. The molecule has 0 aliphatic heterocycles. The highest BCUT2D eigenvalue weighted by Crippen LogP contribution is 2.29. The van der Waals surface area contributed by atoms with E-state index in [2.05, 4.69) is 12.1 Å². The van der Waals surface area contributed by atoms with Crippen molar-refractivity contribution in [2.24, 2.45) is 0 Å². The maximum atomic E-state index is 12.9. The molecule has 5 nitrogen and oxygen atoms in total. The highest BCUT2D eigenvalue weighted by molar-refractivity contribution is 7.98. The van der Waals surface area contributed by atoms with E-state index in [0.717, 1.165) is 47.8 Å². The summed E-state index contributed by atoms with van der Waals surface area (Å²) in [5, 5.41) is 5.74. The topological polar surface area (TPSA) is 60.9 Å². The molecule has 0 saturated heterocycles. The van der Waals surface area contributed by atoms with Gasteiger partial charge in [0, 0.05) is 24.3 Å². The molecule has 2 aromatic heterocycles. The maximum absolute atomic E-state index is 12.9. The van der Waals surface area contributed by atoms with Crippen molar-refractivity contribution in [2.45, 2.75) is 62.9 Å². The molecule has 0 bridgehead atoms. The van der Waals surface area contributed by atoms with Crippen molar-refractivity contribution < 1.29 is 4.52 Å². The molecular formula is C20H23N3O2S. The predicted octanol–water partition coefficient (Wildman–Crippen LogP) is 4.36. The SMILES string of the molecule is CCCCn1c(SCc2noc3c2CCCC3)nc2ccccc2c1=O. The lowest BCUT2D eigenvalue weighted by Gasteiger charge is -2.13. The molecule has 26 heavy (non-hydrogen) atoms. The first-order chi connectivity index (χ1) is 12.8. The summed E-state index contributed by atoms with van der Waals surface area (Å²) in [5.41, 5.74) is 3.09. The van der Waals surface area contributed by atoms with Gasteiger partial charge in [-0.15, -0.1) is 0 Å². The number of unbranched alkanes of at least 4 members (excludes halogenated alkanes) is 1. The van der Waals surface area contributed by atoms with Gasteiger partial charge in [-0.25, -0.2) is 4.98 Å². The zero-order chi connectivity index (χ0) is 17.9. The lowest BCUT2D eigenvalue weighted by atomic mass is 9.97. The van der Waals surface area contributed by atoms with Crippen molar-refractivity contribution in [3.63, 3.8) is 0 Å². The van der Waals surface area contributed by atoms with Gasteiger partial charge >= 0.3 is 0 Å². The number of hydrogen-bond donors (Lipinski definition) is 0. The molecule has 1 aromatic carbocycles. The van der Waals surface area contributed by atoms with Crippen molar-refractivity contribution in [1.29, 1.82) is 0 Å². The Bertz CT molecular complexity index is 977. The van der Waals surface area contributed by atoms with E-state index in [1.54, 1.807) is 11.8 Å². The van der Waals surface area contributed by atoms with Gasteiger partial charge in [0.05, 0.1) is 16.6 Å². The predicted molar refractivity (Wildman–Crippen MR) is 104 cm³/mol. The first-order valence-corrected chi connectivity index (χ1v) is 10.3. The van der Waals surface area contributed by atoms with Crippen LogP contribution in [0.2, 0.25) is 0 Å². The number of fused-ring (bicyclic) bond motifs is 2. The molecular weight excluding hydrogens is 346 g/mol. The van der Waals surface area contributed by atoms with Crippen LogP contribution >= 0.6 is 11.8 Å². The van der Waals surface area contributed by atoms with E-state index < -0.39 is 0 Å². The minimum Gasteiger partial charge on any atom is -0.361 e. The van der Waals surface area contributed by atoms with Gasteiger partial charge in [0.1, 0.15) is 5.76 Å². The number of aryl methyl sites for hydroxylation is 1. The summed E-state index contributed by atoms with van der Waals surface area (Å²) in [6.45, 7) is 2.83. The van der Waals surface area contributed by atoms with E-state index in [-0.39, 0.29) is 5.56 Å². The summed E-state index contributed by atoms with van der Waals surface area (Å²) < 4.78 is 7.33. The Morgan fingerprint density at radius 1 is 1.23 bits per heavy atom. The van der Waals surface area contributed by atoms with Crippen LogP contribution in [0, 0.1) is 0 Å². The third-order valence-corrected chi connectivity index (χ3v) is 5.92. The Kier molecular flexibility index (Phi) is 5.11. The number of benzene rings is 1. The number of nitrogens with zero attached hydrogens (tertiary/aromatic N) is 3. The third-order valence-electron chi connectivity index (χ3n) is 4.93. The van der Waals surface area contributed by atoms with Crippen molar-refractivity contribution >= 4 is 22.7 Å². The van der Waals surface area contributed by atoms with Crippen LogP contribution in [0.4, 0.5) is 0 Å². The van der Waals surface area contributed by atoms with Gasteiger partial charge in [-0.1, -0.05) is 42.4 Å². The molecule has 136 valence electrons. The number of hydrogen-bond acceptors (Lipinski definition) is 5. The number of para-hydroxylation sites is 1. The maximum Gasteiger partial charge on any atom is 0.262 e. The number of thioether (sulfide) groups is 1. The minimum atomic E-state index is 0.0498. The average Bonchev–Trinajstić information content (AvgIpc) is 3.09. The highest BCUT2D eigenvalue weighted by atomic mass is 32.2. The molecule has 1 aliphatic rings. The van der Waals surface area contributed by atoms with Gasteiger partial charge in [0.25, 0.3) is 5.56 Å². The van der Waals surface area contributed by atoms with Gasteiger partial charge in [-0.3, -0.25) is 9.36 Å². The Labute approximate surface area is 156 Å². The molecule has 1 aliphatic carbocycles. The van der Waals surface area contributed by atoms with Crippen molar-refractivity contribution in [3.8, 4) is 0 Å². The molecule has 0 unspecified atom stereocenters. The summed E-state index contributed by atoms with van der Waals surface area (Å²) >= 11 is 1.59. The fourth-order valence-electron chi connectivity index (χ4n) is 3.47. The van der Waals surface area contributed by atoms with Crippen molar-refractivity contribution in [2.75, 3.05) is 0 Å². The Morgan fingerprint density at radius 3 is 2.96 bits per heavy atom. The monoisotopic (exact) mass is 369 g/mol. The van der Waals surface area contributed by atoms with Crippen LogP contribution in [-0.2, 0) is 25.1 Å². The van der Waals surface area contributed by atoms with Crippen LogP contribution in [0.15, 0.2) is 38.7 Å². The zero-order valence-electron chi connectivity index (χ0n) is 15.0. The summed E-state index contributed by atoms with van der Waals surface area (Å²) in [4.78, 5) is 17.7. The Balaban J connectivity index is 1.66. The molecule has 0 amide bonds. The van der Waals surface area contributed by atoms with Gasteiger partial charge < -0.3 is 4.52 Å². The molecule has 3 aromatic rings. The normalized spacial score (nSPS) is 13.9. The summed E-state index contributed by atoms with van der Waals surface area (Å²) in [6.07, 6.45) is 6.41. The van der Waals surface area contributed by atoms with E-state index in [1.165, 1.54) is 18.4 Å². The second kappa shape index (κ2) is 7.66. The third kappa shape index (κ3) is 3.30. The molecule has 4 rings (SSSR count). The lowest BCUT2D eigenvalue weighted by molar-refractivity contribution is 0.369. The lowest BCUT2D eigenvalue weighted by Crippen LogP contribution is -2.23. The standard InChI is InChI=1S/C20H23N3O2S/c1-2-3-12-23-19(24)15-9-4-6-10-16(15)21-20(23)26-13-17-14-8-5-7-11-18(14)25-22-17/h4,6,9-10H,2-3,5,7-8,11-13H2,1H3. The Morgan fingerprint density at radius 2 is 2.08 bits per heavy atom. The van der Waals surface area contributed by atoms with E-state index in [4.69, 9.17) is 9.51 Å². The van der Waals surface area contributed by atoms with Gasteiger partial charge in [-0.2, -0.15) is 0 Å². The fourth-order valence-corrected chi connectivity index (χ4v) is 4.45. The van der Waals surface area contributed by atoms with Crippen molar-refractivity contribution in [3.05, 3.63) is 51.6 Å². The molecule has 0 N–H and O–H groups in total. The quantitative estimate of drug-likeness (QED) is 0.477. The van der Waals surface area contributed by atoms with Crippen LogP contribution in [0.3, 0.4) is 0 Å². The molecule has 0 spiro atoms. The zero-order valence-corrected chi connectivity index (χ0v) is 15.8. The summed E-state index contributed by atoms with van der Waals surface area (Å²) in [6, 6.07) is 7.58. The second-order valence-electron chi connectivity index (χ2n) is 6.75. The second-order valence-corrected chi connectivity index (χ2v) is 7.69. The fraction of sp³-hybridized carbons (Fsp3) is 0.450. The molecule has 6 heteroatoms. The van der Waals surface area contributed by atoms with E-state index in [9.17, 15) is 4.79 Å². The molecule has 0 saturated carbocycles. The van der Waals surface area contributed by atoms with Crippen LogP contribution in [0.1, 0.15) is 49.6 Å². The summed E-state index contributed by atoms with van der Waals surface area (Å²) in [7, 11) is 0. The highest BCUT2D eigenvalue weighted by Gasteiger charge is 2.20. The Hall–Kier alpha value is -2.08. The van der Waals surface area contributed by atoms with E-state index in [1.807, 2.05) is 28.8 Å². The minimum absolute atomic E-state index is 0.0498.